The molecule has 33 heavy (non-hydrogen) atoms. The van der Waals surface area contributed by atoms with E-state index >= 15 is 0 Å². The number of anilines is 1. The Morgan fingerprint density at radius 3 is 2.55 bits per heavy atom. The highest BCUT2D eigenvalue weighted by Gasteiger charge is 2.22. The molecular weight excluding hydrogens is 440 g/mol. The zero-order valence-electron chi connectivity index (χ0n) is 19.4. The average molecular weight is 471 g/mol. The van der Waals surface area contributed by atoms with Crippen molar-refractivity contribution in [1.29, 1.82) is 0 Å². The number of ether oxygens (including phenoxy) is 2. The van der Waals surface area contributed by atoms with Crippen LogP contribution in [0.3, 0.4) is 0 Å². The normalized spacial score (nSPS) is 15.3. The maximum atomic E-state index is 12.7. The standard InChI is InChI=1S/C24H30N4O4S/c1-15(2)27-24-26-14-21-22(28-24)20(13-25-23(21)32-18-8-10-31-11-9-18)17-6-5-7-19(12-17)33(29,30)16(3)4/h5-7,12-16,18H,8-11H2,1-4H3,(H,26,27,28). The molecule has 0 bridgehead atoms. The van der Waals surface area contributed by atoms with E-state index in [0.717, 1.165) is 24.0 Å². The van der Waals surface area contributed by atoms with Gasteiger partial charge in [-0.1, -0.05) is 12.1 Å². The van der Waals surface area contributed by atoms with Gasteiger partial charge in [0.25, 0.3) is 0 Å². The second-order valence-electron chi connectivity index (χ2n) is 8.78. The molecule has 0 amide bonds. The highest BCUT2D eigenvalue weighted by Crippen LogP contribution is 2.34. The number of benzene rings is 1. The van der Waals surface area contributed by atoms with Crippen molar-refractivity contribution in [2.24, 2.45) is 0 Å². The molecule has 3 heterocycles. The predicted octanol–water partition coefficient (Wildman–Crippen LogP) is 4.25. The van der Waals surface area contributed by atoms with Crippen LogP contribution in [0.4, 0.5) is 5.95 Å². The van der Waals surface area contributed by atoms with Crippen LogP contribution in [0.15, 0.2) is 41.6 Å². The van der Waals surface area contributed by atoms with E-state index in [1.165, 1.54) is 0 Å². The zero-order valence-corrected chi connectivity index (χ0v) is 20.2. The quantitative estimate of drug-likeness (QED) is 0.547. The molecular formula is C24H30N4O4S. The molecule has 8 nitrogen and oxygen atoms in total. The van der Waals surface area contributed by atoms with E-state index in [9.17, 15) is 8.42 Å². The third-order valence-electron chi connectivity index (χ3n) is 5.54. The van der Waals surface area contributed by atoms with E-state index in [0.29, 0.717) is 35.9 Å². The van der Waals surface area contributed by atoms with Crippen molar-refractivity contribution < 1.29 is 17.9 Å². The number of sulfone groups is 1. The summed E-state index contributed by atoms with van der Waals surface area (Å²) in [5.41, 5.74) is 2.10. The number of hydrogen-bond donors (Lipinski definition) is 1. The molecule has 1 saturated heterocycles. The third kappa shape index (κ3) is 5.09. The highest BCUT2D eigenvalue weighted by atomic mass is 32.2. The first kappa shape index (κ1) is 23.4. The van der Waals surface area contributed by atoms with Gasteiger partial charge in [0.1, 0.15) is 6.10 Å². The lowest BCUT2D eigenvalue weighted by Gasteiger charge is -2.23. The largest absolute Gasteiger partial charge is 0.474 e. The number of rotatable bonds is 7. The van der Waals surface area contributed by atoms with E-state index in [1.54, 1.807) is 44.4 Å². The lowest BCUT2D eigenvalue weighted by molar-refractivity contribution is 0.0244. The first-order chi connectivity index (χ1) is 15.8. The summed E-state index contributed by atoms with van der Waals surface area (Å²) in [6.45, 7) is 8.71. The van der Waals surface area contributed by atoms with Crippen LogP contribution in [0.2, 0.25) is 0 Å². The summed E-state index contributed by atoms with van der Waals surface area (Å²) in [4.78, 5) is 14.1. The van der Waals surface area contributed by atoms with Crippen LogP contribution in [0.25, 0.3) is 22.0 Å². The predicted molar refractivity (Wildman–Crippen MR) is 128 cm³/mol. The molecule has 0 unspecified atom stereocenters. The second-order valence-corrected chi connectivity index (χ2v) is 11.3. The minimum atomic E-state index is -3.41. The Balaban J connectivity index is 1.83. The molecule has 0 radical (unpaired) electrons. The molecule has 3 aromatic rings. The molecule has 176 valence electrons. The molecule has 1 aliphatic rings. The van der Waals surface area contributed by atoms with Crippen LogP contribution < -0.4 is 10.1 Å². The van der Waals surface area contributed by atoms with Gasteiger partial charge in [0.05, 0.1) is 34.3 Å². The second kappa shape index (κ2) is 9.61. The first-order valence-corrected chi connectivity index (χ1v) is 12.8. The molecule has 0 atom stereocenters. The third-order valence-corrected chi connectivity index (χ3v) is 7.70. The van der Waals surface area contributed by atoms with E-state index in [1.807, 2.05) is 19.9 Å². The molecule has 4 rings (SSSR count). The van der Waals surface area contributed by atoms with Crippen LogP contribution in [0.5, 0.6) is 5.88 Å². The minimum Gasteiger partial charge on any atom is -0.474 e. The monoisotopic (exact) mass is 470 g/mol. The first-order valence-electron chi connectivity index (χ1n) is 11.3. The number of nitrogens with zero attached hydrogens (tertiary/aromatic N) is 3. The van der Waals surface area contributed by atoms with Gasteiger partial charge in [-0.2, -0.15) is 0 Å². The summed E-state index contributed by atoms with van der Waals surface area (Å²) >= 11 is 0. The van der Waals surface area contributed by atoms with Crippen molar-refractivity contribution in [3.05, 3.63) is 36.7 Å². The van der Waals surface area contributed by atoms with E-state index < -0.39 is 15.1 Å². The Bertz CT molecular complexity index is 1240. The lowest BCUT2D eigenvalue weighted by atomic mass is 10.1. The van der Waals surface area contributed by atoms with Crippen LogP contribution in [0, 0.1) is 0 Å². The highest BCUT2D eigenvalue weighted by molar-refractivity contribution is 7.92. The lowest BCUT2D eigenvalue weighted by Crippen LogP contribution is -2.26. The van der Waals surface area contributed by atoms with Crippen LogP contribution in [0.1, 0.15) is 40.5 Å². The van der Waals surface area contributed by atoms with Gasteiger partial charge in [-0.3, -0.25) is 0 Å². The van der Waals surface area contributed by atoms with Crippen molar-refractivity contribution in [3.63, 3.8) is 0 Å². The summed E-state index contributed by atoms with van der Waals surface area (Å²) < 4.78 is 37.1. The van der Waals surface area contributed by atoms with E-state index in [-0.39, 0.29) is 17.0 Å². The van der Waals surface area contributed by atoms with Gasteiger partial charge in [-0.15, -0.1) is 0 Å². The van der Waals surface area contributed by atoms with Crippen molar-refractivity contribution in [1.82, 2.24) is 15.0 Å². The van der Waals surface area contributed by atoms with Gasteiger partial charge in [-0.25, -0.2) is 23.4 Å². The van der Waals surface area contributed by atoms with Gasteiger partial charge < -0.3 is 14.8 Å². The molecule has 0 spiro atoms. The number of aromatic nitrogens is 3. The smallest absolute Gasteiger partial charge is 0.224 e. The number of hydrogen-bond acceptors (Lipinski definition) is 8. The molecule has 1 fully saturated rings. The Morgan fingerprint density at radius 1 is 1.09 bits per heavy atom. The van der Waals surface area contributed by atoms with Crippen molar-refractivity contribution >= 4 is 26.7 Å². The maximum Gasteiger partial charge on any atom is 0.224 e. The fraction of sp³-hybridized carbons (Fsp3) is 0.458. The van der Waals surface area contributed by atoms with Gasteiger partial charge in [-0.05, 0) is 45.4 Å². The molecule has 0 aliphatic carbocycles. The van der Waals surface area contributed by atoms with Crippen LogP contribution in [-0.4, -0.2) is 54.0 Å². The fourth-order valence-electron chi connectivity index (χ4n) is 3.69. The summed E-state index contributed by atoms with van der Waals surface area (Å²) in [5.74, 6) is 0.968. The summed E-state index contributed by atoms with van der Waals surface area (Å²) in [6.07, 6.45) is 5.03. The average Bonchev–Trinajstić information content (AvgIpc) is 2.79. The minimum absolute atomic E-state index is 0.0216. The Hall–Kier alpha value is -2.78. The Kier molecular flexibility index (Phi) is 6.81. The zero-order chi connectivity index (χ0) is 23.6. The Morgan fingerprint density at radius 2 is 1.85 bits per heavy atom. The fourth-order valence-corrected chi connectivity index (χ4v) is 4.80. The number of pyridine rings is 1. The molecule has 1 N–H and O–H groups in total. The topological polar surface area (TPSA) is 103 Å². The van der Waals surface area contributed by atoms with Gasteiger partial charge in [0.15, 0.2) is 9.84 Å². The van der Waals surface area contributed by atoms with Crippen LogP contribution in [-0.2, 0) is 14.6 Å². The van der Waals surface area contributed by atoms with Gasteiger partial charge >= 0.3 is 0 Å². The molecule has 2 aromatic heterocycles. The molecule has 0 saturated carbocycles. The number of fused-ring (bicyclic) bond motifs is 1. The van der Waals surface area contributed by atoms with Gasteiger partial charge in [0, 0.05) is 36.8 Å². The van der Waals surface area contributed by atoms with Gasteiger partial charge in [0.2, 0.25) is 11.8 Å². The molecule has 1 aliphatic heterocycles. The summed E-state index contributed by atoms with van der Waals surface area (Å²) in [6, 6.07) is 7.08. The number of nitrogens with one attached hydrogen (secondary N) is 1. The van der Waals surface area contributed by atoms with E-state index in [4.69, 9.17) is 14.5 Å². The SMILES string of the molecule is CC(C)Nc1ncc2c(OC3CCOCC3)ncc(-c3cccc(S(=O)(=O)C(C)C)c3)c2n1. The molecule has 9 heteroatoms. The molecule has 1 aromatic carbocycles. The maximum absolute atomic E-state index is 12.7. The summed E-state index contributed by atoms with van der Waals surface area (Å²) in [5, 5.41) is 3.40. The van der Waals surface area contributed by atoms with Crippen molar-refractivity contribution in [2.45, 2.75) is 62.8 Å². The Labute approximate surface area is 194 Å². The van der Waals surface area contributed by atoms with E-state index in [2.05, 4.69) is 15.3 Å². The van der Waals surface area contributed by atoms with Crippen LogP contribution >= 0.6 is 0 Å². The summed E-state index contributed by atoms with van der Waals surface area (Å²) in [7, 11) is -3.41. The van der Waals surface area contributed by atoms with Crippen molar-refractivity contribution in [3.8, 4) is 17.0 Å². The van der Waals surface area contributed by atoms with Crippen molar-refractivity contribution in [2.75, 3.05) is 18.5 Å².